The van der Waals surface area contributed by atoms with Crippen LogP contribution in [0.25, 0.3) is 0 Å². The molecule has 0 saturated heterocycles. The first kappa shape index (κ1) is 25.0. The molecular weight excluding hydrogens is 446 g/mol. The van der Waals surface area contributed by atoms with Crippen molar-refractivity contribution in [2.75, 3.05) is 33.9 Å². The fourth-order valence-electron chi connectivity index (χ4n) is 6.83. The number of nitrogens with zero attached hydrogens (tertiary/aromatic N) is 1. The van der Waals surface area contributed by atoms with Gasteiger partial charge in [-0.2, -0.15) is 0 Å². The molecule has 0 spiro atoms. The Morgan fingerprint density at radius 1 is 0.833 bits per heavy atom. The van der Waals surface area contributed by atoms with E-state index in [1.165, 1.54) is 12.8 Å². The summed E-state index contributed by atoms with van der Waals surface area (Å²) in [5, 5.41) is 11.9. The summed E-state index contributed by atoms with van der Waals surface area (Å²) in [5.74, 6) is 2.17. The minimum absolute atomic E-state index is 0.200. The molecule has 4 atom stereocenters. The van der Waals surface area contributed by atoms with Crippen molar-refractivity contribution in [1.29, 1.82) is 0 Å². The highest BCUT2D eigenvalue weighted by molar-refractivity contribution is 5.36. The fourth-order valence-corrected chi connectivity index (χ4v) is 6.83. The summed E-state index contributed by atoms with van der Waals surface area (Å²) in [5.41, 5.74) is 0.606. The Labute approximate surface area is 216 Å². The fraction of sp³-hybridized carbons (Fsp3) is 0.438. The molecule has 5 rings (SSSR count). The van der Waals surface area contributed by atoms with E-state index in [0.717, 1.165) is 47.4 Å². The maximum Gasteiger partial charge on any atom is 0.138 e. The lowest BCUT2D eigenvalue weighted by molar-refractivity contribution is -0.919. The third kappa shape index (κ3) is 5.22. The highest BCUT2D eigenvalue weighted by Crippen LogP contribution is 2.50. The van der Waals surface area contributed by atoms with E-state index in [2.05, 4.69) is 14.1 Å². The Balaban J connectivity index is 1.22. The first-order valence-corrected chi connectivity index (χ1v) is 13.4. The molecule has 3 aromatic rings. The zero-order valence-corrected chi connectivity index (χ0v) is 21.6. The second-order valence-electron chi connectivity index (χ2n) is 11.2. The molecule has 0 heterocycles. The Morgan fingerprint density at radius 2 is 1.42 bits per heavy atom. The number of hydrogen-bond donors (Lipinski definition) is 1. The number of quaternary nitrogens is 1. The number of para-hydroxylation sites is 1. The molecule has 2 saturated carbocycles. The average molecular weight is 487 g/mol. The third-order valence-corrected chi connectivity index (χ3v) is 8.51. The van der Waals surface area contributed by atoms with Crippen LogP contribution in [0.5, 0.6) is 5.75 Å². The van der Waals surface area contributed by atoms with Crippen molar-refractivity contribution in [2.24, 2.45) is 11.8 Å². The molecule has 0 aliphatic heterocycles. The molecule has 2 bridgehead atoms. The van der Waals surface area contributed by atoms with Gasteiger partial charge in [-0.25, -0.2) is 0 Å². The van der Waals surface area contributed by atoms with E-state index in [-0.39, 0.29) is 12.7 Å². The third-order valence-electron chi connectivity index (χ3n) is 8.51. The largest absolute Gasteiger partial charge is 0.493 e. The Morgan fingerprint density at radius 3 is 2.03 bits per heavy atom. The van der Waals surface area contributed by atoms with Gasteiger partial charge >= 0.3 is 0 Å². The van der Waals surface area contributed by atoms with E-state index in [4.69, 9.17) is 9.47 Å². The zero-order valence-electron chi connectivity index (χ0n) is 21.6. The SMILES string of the molecule is C[N+](C)(CCCOc1ccccc1)C1C2CCC1C(OCC(O)(c1ccccc1)c1ccccc1)C2. The van der Waals surface area contributed by atoms with Gasteiger partial charge in [-0.15, -0.1) is 0 Å². The normalized spacial score (nSPS) is 23.6. The number of hydrogen-bond acceptors (Lipinski definition) is 3. The Bertz CT molecular complexity index is 1050. The second-order valence-corrected chi connectivity index (χ2v) is 11.2. The van der Waals surface area contributed by atoms with Crippen LogP contribution in [0.3, 0.4) is 0 Å². The lowest BCUT2D eigenvalue weighted by atomic mass is 9.87. The zero-order chi connectivity index (χ0) is 25.0. The van der Waals surface area contributed by atoms with Gasteiger partial charge in [0.05, 0.1) is 46.0 Å². The van der Waals surface area contributed by atoms with Gasteiger partial charge in [-0.1, -0.05) is 78.9 Å². The van der Waals surface area contributed by atoms with Crippen LogP contribution in [-0.4, -0.2) is 55.6 Å². The molecule has 4 heteroatoms. The molecule has 36 heavy (non-hydrogen) atoms. The molecule has 4 unspecified atom stereocenters. The second kappa shape index (κ2) is 10.8. The molecule has 2 fully saturated rings. The van der Waals surface area contributed by atoms with Gasteiger partial charge in [-0.05, 0) is 42.5 Å². The molecule has 2 aliphatic carbocycles. The molecule has 2 aliphatic rings. The summed E-state index contributed by atoms with van der Waals surface area (Å²) < 4.78 is 13.6. The summed E-state index contributed by atoms with van der Waals surface area (Å²) in [6.07, 6.45) is 4.84. The van der Waals surface area contributed by atoms with Crippen LogP contribution in [0.2, 0.25) is 0 Å². The molecule has 0 amide bonds. The van der Waals surface area contributed by atoms with Crippen molar-refractivity contribution in [3.8, 4) is 5.75 Å². The first-order chi connectivity index (χ1) is 17.5. The summed E-state index contributed by atoms with van der Waals surface area (Å²) in [7, 11) is 4.76. The van der Waals surface area contributed by atoms with Crippen molar-refractivity contribution >= 4 is 0 Å². The molecule has 0 radical (unpaired) electrons. The molecule has 0 aromatic heterocycles. The lowest BCUT2D eigenvalue weighted by Crippen LogP contribution is -2.53. The Kier molecular flexibility index (Phi) is 7.47. The summed E-state index contributed by atoms with van der Waals surface area (Å²) in [6.45, 7) is 2.12. The van der Waals surface area contributed by atoms with Gasteiger partial charge in [0, 0.05) is 18.3 Å². The van der Waals surface area contributed by atoms with Crippen LogP contribution in [0.4, 0.5) is 0 Å². The van der Waals surface area contributed by atoms with Crippen LogP contribution in [0.15, 0.2) is 91.0 Å². The number of fused-ring (bicyclic) bond motifs is 2. The minimum atomic E-state index is -1.15. The first-order valence-electron chi connectivity index (χ1n) is 13.4. The number of ether oxygens (including phenoxy) is 2. The van der Waals surface area contributed by atoms with Crippen molar-refractivity contribution in [1.82, 2.24) is 0 Å². The molecule has 4 nitrogen and oxygen atoms in total. The molecule has 190 valence electrons. The van der Waals surface area contributed by atoms with Gasteiger partial charge < -0.3 is 19.1 Å². The number of benzene rings is 3. The quantitative estimate of drug-likeness (QED) is 0.281. The van der Waals surface area contributed by atoms with Gasteiger partial charge in [0.15, 0.2) is 0 Å². The van der Waals surface area contributed by atoms with Crippen LogP contribution >= 0.6 is 0 Å². The van der Waals surface area contributed by atoms with Crippen molar-refractivity contribution in [2.45, 2.75) is 43.4 Å². The molecule has 3 aromatic carbocycles. The monoisotopic (exact) mass is 486 g/mol. The number of aliphatic hydroxyl groups is 1. The van der Waals surface area contributed by atoms with E-state index in [1.54, 1.807) is 0 Å². The average Bonchev–Trinajstić information content (AvgIpc) is 3.51. The smallest absolute Gasteiger partial charge is 0.138 e. The van der Waals surface area contributed by atoms with Gasteiger partial charge in [0.25, 0.3) is 0 Å². The van der Waals surface area contributed by atoms with Crippen LogP contribution in [0, 0.1) is 11.8 Å². The Hall–Kier alpha value is -2.66. The maximum atomic E-state index is 11.9. The molecule has 1 N–H and O–H groups in total. The van der Waals surface area contributed by atoms with E-state index in [0.29, 0.717) is 17.9 Å². The van der Waals surface area contributed by atoms with Crippen molar-refractivity contribution in [3.05, 3.63) is 102 Å². The van der Waals surface area contributed by atoms with E-state index < -0.39 is 5.60 Å². The van der Waals surface area contributed by atoms with E-state index in [1.807, 2.05) is 91.0 Å². The van der Waals surface area contributed by atoms with Crippen LogP contribution < -0.4 is 4.74 Å². The van der Waals surface area contributed by atoms with E-state index >= 15 is 0 Å². The predicted octanol–water partition coefficient (Wildman–Crippen LogP) is 5.65. The van der Waals surface area contributed by atoms with Gasteiger partial charge in [0.1, 0.15) is 11.4 Å². The predicted molar refractivity (Wildman–Crippen MR) is 144 cm³/mol. The topological polar surface area (TPSA) is 38.7 Å². The van der Waals surface area contributed by atoms with Crippen molar-refractivity contribution < 1.29 is 19.1 Å². The standard InChI is InChI=1S/C32H40NO3/c1-33(2,21-12-22-35-28-17-10-5-11-18-28)31-25-19-20-29(31)30(23-25)36-24-32(34,26-13-6-3-7-14-26)27-15-8-4-9-16-27/h3-11,13-18,25,29-31,34H,12,19-24H2,1-2H3/q+1. The molecular formula is C32H40NO3+. The van der Waals surface area contributed by atoms with Crippen LogP contribution in [0.1, 0.15) is 36.8 Å². The van der Waals surface area contributed by atoms with Gasteiger partial charge in [0.2, 0.25) is 0 Å². The van der Waals surface area contributed by atoms with Crippen LogP contribution in [-0.2, 0) is 10.3 Å². The summed E-state index contributed by atoms with van der Waals surface area (Å²) in [4.78, 5) is 0. The van der Waals surface area contributed by atoms with Gasteiger partial charge in [-0.3, -0.25) is 0 Å². The summed E-state index contributed by atoms with van der Waals surface area (Å²) >= 11 is 0. The number of rotatable bonds is 11. The van der Waals surface area contributed by atoms with E-state index in [9.17, 15) is 5.11 Å². The minimum Gasteiger partial charge on any atom is -0.493 e. The maximum absolute atomic E-state index is 11.9. The summed E-state index contributed by atoms with van der Waals surface area (Å²) in [6, 6.07) is 30.6. The highest BCUT2D eigenvalue weighted by atomic mass is 16.5. The lowest BCUT2D eigenvalue weighted by Gasteiger charge is -2.39. The van der Waals surface area contributed by atoms with Crippen molar-refractivity contribution in [3.63, 3.8) is 0 Å². The highest BCUT2D eigenvalue weighted by Gasteiger charge is 2.56.